The van der Waals surface area contributed by atoms with Gasteiger partial charge in [-0.15, -0.1) is 0 Å². The predicted molar refractivity (Wildman–Crippen MR) is 87.5 cm³/mol. The van der Waals surface area contributed by atoms with Gasteiger partial charge in [-0.25, -0.2) is 0 Å². The summed E-state index contributed by atoms with van der Waals surface area (Å²) in [5.41, 5.74) is 0. The summed E-state index contributed by atoms with van der Waals surface area (Å²) in [5, 5.41) is 3.34. The maximum Gasteiger partial charge on any atom is 0.239 e. The van der Waals surface area contributed by atoms with Crippen molar-refractivity contribution in [2.24, 2.45) is 0 Å². The lowest BCUT2D eigenvalue weighted by molar-refractivity contribution is -0.132. The fourth-order valence-corrected chi connectivity index (χ4v) is 2.71. The van der Waals surface area contributed by atoms with Gasteiger partial charge in [0.2, 0.25) is 5.91 Å². The van der Waals surface area contributed by atoms with Crippen molar-refractivity contribution in [1.82, 2.24) is 10.2 Å². The van der Waals surface area contributed by atoms with Gasteiger partial charge in [0.15, 0.2) is 0 Å². The van der Waals surface area contributed by atoms with Crippen molar-refractivity contribution in [3.63, 3.8) is 0 Å². The van der Waals surface area contributed by atoms with E-state index >= 15 is 0 Å². The summed E-state index contributed by atoms with van der Waals surface area (Å²) in [4.78, 5) is 14.1. The lowest BCUT2D eigenvalue weighted by Crippen LogP contribution is -2.45. The fraction of sp³-hybridized carbons (Fsp3) is 0.562. The molecule has 0 aliphatic carbocycles. The van der Waals surface area contributed by atoms with Gasteiger partial charge in [-0.3, -0.25) is 4.79 Å². The van der Waals surface area contributed by atoms with E-state index in [1.165, 1.54) is 12.8 Å². The van der Waals surface area contributed by atoms with Crippen LogP contribution in [0.25, 0.3) is 0 Å². The third kappa shape index (κ3) is 5.32. The van der Waals surface area contributed by atoms with Gasteiger partial charge in [0.1, 0.15) is 12.4 Å². The summed E-state index contributed by atoms with van der Waals surface area (Å²) in [7, 11) is 1.85. The second kappa shape index (κ2) is 8.39. The van der Waals surface area contributed by atoms with Gasteiger partial charge in [-0.2, -0.15) is 0 Å². The molecule has 21 heavy (non-hydrogen) atoms. The number of ether oxygens (including phenoxy) is 1. The standard InChI is InChI=1S/C16H23BrN2O2/c1-19(16(20)15-5-3-2-4-10-18-15)11-12-21-14-8-6-13(17)7-9-14/h6-9,15,18H,2-5,10-12H2,1H3. The van der Waals surface area contributed by atoms with E-state index in [4.69, 9.17) is 4.74 Å². The summed E-state index contributed by atoms with van der Waals surface area (Å²) in [6, 6.07) is 7.70. The van der Waals surface area contributed by atoms with Gasteiger partial charge in [-0.05, 0) is 43.7 Å². The van der Waals surface area contributed by atoms with E-state index in [-0.39, 0.29) is 11.9 Å². The molecule has 1 unspecified atom stereocenters. The van der Waals surface area contributed by atoms with E-state index < -0.39 is 0 Å². The molecule has 2 rings (SSSR count). The quantitative estimate of drug-likeness (QED) is 0.883. The van der Waals surface area contributed by atoms with Gasteiger partial charge in [-0.1, -0.05) is 28.8 Å². The molecule has 0 radical (unpaired) electrons. The molecular formula is C16H23BrN2O2. The number of nitrogens with zero attached hydrogens (tertiary/aromatic N) is 1. The number of carbonyl (C=O) groups excluding carboxylic acids is 1. The van der Waals surface area contributed by atoms with Gasteiger partial charge in [0, 0.05) is 11.5 Å². The average Bonchev–Trinajstić information content (AvgIpc) is 2.77. The van der Waals surface area contributed by atoms with Crippen LogP contribution in [-0.2, 0) is 4.79 Å². The Labute approximate surface area is 135 Å². The Balaban J connectivity index is 1.74. The monoisotopic (exact) mass is 354 g/mol. The van der Waals surface area contributed by atoms with Crippen LogP contribution < -0.4 is 10.1 Å². The van der Waals surface area contributed by atoms with Crippen LogP contribution in [0.5, 0.6) is 5.75 Å². The Kier molecular flexibility index (Phi) is 6.51. The maximum atomic E-state index is 12.3. The smallest absolute Gasteiger partial charge is 0.239 e. The first kappa shape index (κ1) is 16.3. The summed E-state index contributed by atoms with van der Waals surface area (Å²) in [6.45, 7) is 2.06. The number of rotatable bonds is 5. The van der Waals surface area contributed by atoms with Gasteiger partial charge < -0.3 is 15.0 Å². The Morgan fingerprint density at radius 1 is 1.33 bits per heavy atom. The van der Waals surface area contributed by atoms with Crippen molar-refractivity contribution >= 4 is 21.8 Å². The predicted octanol–water partition coefficient (Wildman–Crippen LogP) is 2.82. The minimum atomic E-state index is -0.0230. The summed E-state index contributed by atoms with van der Waals surface area (Å²) < 4.78 is 6.69. The molecule has 0 aromatic heterocycles. The molecule has 1 fully saturated rings. The number of benzene rings is 1. The average molecular weight is 355 g/mol. The highest BCUT2D eigenvalue weighted by Gasteiger charge is 2.22. The molecule has 116 valence electrons. The molecule has 1 aliphatic rings. The van der Waals surface area contributed by atoms with E-state index in [1.807, 2.05) is 31.3 Å². The van der Waals surface area contributed by atoms with E-state index in [2.05, 4.69) is 21.2 Å². The Bertz CT molecular complexity index is 442. The van der Waals surface area contributed by atoms with E-state index in [1.54, 1.807) is 4.90 Å². The van der Waals surface area contributed by atoms with Crippen molar-refractivity contribution in [1.29, 1.82) is 0 Å². The molecule has 0 saturated carbocycles. The van der Waals surface area contributed by atoms with Crippen molar-refractivity contribution in [3.8, 4) is 5.75 Å². The largest absolute Gasteiger partial charge is 0.492 e. The molecular weight excluding hydrogens is 332 g/mol. The van der Waals surface area contributed by atoms with Crippen LogP contribution in [0.1, 0.15) is 25.7 Å². The summed E-state index contributed by atoms with van der Waals surface area (Å²) in [5.74, 6) is 1.00. The van der Waals surface area contributed by atoms with Crippen LogP contribution in [0.2, 0.25) is 0 Å². The second-order valence-electron chi connectivity index (χ2n) is 5.42. The van der Waals surface area contributed by atoms with E-state index in [0.717, 1.165) is 29.6 Å². The lowest BCUT2D eigenvalue weighted by Gasteiger charge is -2.23. The number of likely N-dealkylation sites (N-methyl/N-ethyl adjacent to an activating group) is 1. The number of hydrogen-bond acceptors (Lipinski definition) is 3. The molecule has 5 heteroatoms. The lowest BCUT2D eigenvalue weighted by atomic mass is 10.1. The molecule has 1 aromatic carbocycles. The molecule has 0 bridgehead atoms. The van der Waals surface area contributed by atoms with Crippen LogP contribution >= 0.6 is 15.9 Å². The Hall–Kier alpha value is -1.07. The van der Waals surface area contributed by atoms with Crippen molar-refractivity contribution < 1.29 is 9.53 Å². The van der Waals surface area contributed by atoms with Crippen molar-refractivity contribution in [3.05, 3.63) is 28.7 Å². The topological polar surface area (TPSA) is 41.6 Å². The van der Waals surface area contributed by atoms with Crippen molar-refractivity contribution in [2.75, 3.05) is 26.7 Å². The number of halogens is 1. The molecule has 1 saturated heterocycles. The molecule has 1 aromatic rings. The van der Waals surface area contributed by atoms with Gasteiger partial charge >= 0.3 is 0 Å². The zero-order chi connectivity index (χ0) is 15.1. The second-order valence-corrected chi connectivity index (χ2v) is 6.33. The molecule has 1 atom stereocenters. The third-order valence-corrected chi connectivity index (χ3v) is 4.27. The van der Waals surface area contributed by atoms with Crippen LogP contribution in [0.4, 0.5) is 0 Å². The summed E-state index contributed by atoms with van der Waals surface area (Å²) >= 11 is 3.39. The minimum absolute atomic E-state index is 0.0230. The first-order valence-corrected chi connectivity index (χ1v) is 8.33. The van der Waals surface area contributed by atoms with Crippen LogP contribution in [0.15, 0.2) is 28.7 Å². The molecule has 4 nitrogen and oxygen atoms in total. The fourth-order valence-electron chi connectivity index (χ4n) is 2.45. The van der Waals surface area contributed by atoms with E-state index in [9.17, 15) is 4.79 Å². The Morgan fingerprint density at radius 3 is 2.86 bits per heavy atom. The zero-order valence-electron chi connectivity index (χ0n) is 12.5. The summed E-state index contributed by atoms with van der Waals surface area (Å²) in [6.07, 6.45) is 4.46. The molecule has 1 aliphatic heterocycles. The number of nitrogens with one attached hydrogen (secondary N) is 1. The van der Waals surface area contributed by atoms with Crippen LogP contribution in [0, 0.1) is 0 Å². The SMILES string of the molecule is CN(CCOc1ccc(Br)cc1)C(=O)C1CCCCCN1. The number of amides is 1. The first-order chi connectivity index (χ1) is 10.2. The van der Waals surface area contributed by atoms with Crippen LogP contribution in [0.3, 0.4) is 0 Å². The third-order valence-electron chi connectivity index (χ3n) is 3.74. The van der Waals surface area contributed by atoms with Crippen molar-refractivity contribution in [2.45, 2.75) is 31.7 Å². The number of hydrogen-bond donors (Lipinski definition) is 1. The first-order valence-electron chi connectivity index (χ1n) is 7.53. The molecule has 1 amide bonds. The molecule has 1 N–H and O–H groups in total. The van der Waals surface area contributed by atoms with Gasteiger partial charge in [0.25, 0.3) is 0 Å². The molecule has 1 heterocycles. The highest BCUT2D eigenvalue weighted by Crippen LogP contribution is 2.16. The van der Waals surface area contributed by atoms with E-state index in [0.29, 0.717) is 13.2 Å². The Morgan fingerprint density at radius 2 is 2.10 bits per heavy atom. The minimum Gasteiger partial charge on any atom is -0.492 e. The zero-order valence-corrected chi connectivity index (χ0v) is 14.1. The van der Waals surface area contributed by atoms with Gasteiger partial charge in [0.05, 0.1) is 12.6 Å². The van der Waals surface area contributed by atoms with Crippen LogP contribution in [-0.4, -0.2) is 43.6 Å². The highest BCUT2D eigenvalue weighted by molar-refractivity contribution is 9.10. The normalized spacial score (nSPS) is 18.9. The number of carbonyl (C=O) groups is 1. The highest BCUT2D eigenvalue weighted by atomic mass is 79.9. The maximum absolute atomic E-state index is 12.3. The molecule has 0 spiro atoms.